The van der Waals surface area contributed by atoms with E-state index in [0.29, 0.717) is 6.42 Å². The van der Waals surface area contributed by atoms with Gasteiger partial charge in [0.15, 0.2) is 0 Å². The zero-order valence-electron chi connectivity index (χ0n) is 16.6. The summed E-state index contributed by atoms with van der Waals surface area (Å²) in [5, 5.41) is 3.01. The zero-order valence-corrected chi connectivity index (χ0v) is 16.6. The molecular formula is C27H23NO2. The van der Waals surface area contributed by atoms with Crippen molar-refractivity contribution in [1.82, 2.24) is 0 Å². The minimum Gasteiger partial charge on any atom is -0.457 e. The second-order valence-electron chi connectivity index (χ2n) is 7.07. The molecule has 0 unspecified atom stereocenters. The number of hydrogen-bond donors (Lipinski definition) is 1. The molecule has 0 aliphatic carbocycles. The summed E-state index contributed by atoms with van der Waals surface area (Å²) < 4.78 is 5.81. The van der Waals surface area contributed by atoms with Gasteiger partial charge in [0.25, 0.3) is 0 Å². The molecule has 0 heterocycles. The van der Waals surface area contributed by atoms with Crippen LogP contribution in [0.1, 0.15) is 23.5 Å². The van der Waals surface area contributed by atoms with Gasteiger partial charge in [-0.1, -0.05) is 78.9 Å². The van der Waals surface area contributed by atoms with E-state index >= 15 is 0 Å². The molecule has 0 spiro atoms. The van der Waals surface area contributed by atoms with Crippen molar-refractivity contribution < 1.29 is 9.53 Å². The number of hydrogen-bond acceptors (Lipinski definition) is 2. The quantitative estimate of drug-likeness (QED) is 0.382. The zero-order chi connectivity index (χ0) is 20.6. The molecule has 4 rings (SSSR count). The first kappa shape index (κ1) is 19.5. The van der Waals surface area contributed by atoms with E-state index in [9.17, 15) is 4.79 Å². The highest BCUT2D eigenvalue weighted by Crippen LogP contribution is 2.29. The Bertz CT molecular complexity index is 1020. The van der Waals surface area contributed by atoms with Gasteiger partial charge in [-0.25, -0.2) is 0 Å². The second kappa shape index (κ2) is 9.57. The number of rotatable bonds is 7. The van der Waals surface area contributed by atoms with E-state index in [2.05, 4.69) is 29.6 Å². The third kappa shape index (κ3) is 5.15. The molecule has 4 aromatic carbocycles. The molecule has 0 saturated carbocycles. The van der Waals surface area contributed by atoms with Crippen LogP contribution in [0.15, 0.2) is 115 Å². The van der Waals surface area contributed by atoms with Crippen LogP contribution in [-0.4, -0.2) is 5.91 Å². The van der Waals surface area contributed by atoms with Gasteiger partial charge in [0, 0.05) is 18.0 Å². The van der Waals surface area contributed by atoms with Gasteiger partial charge < -0.3 is 10.1 Å². The standard InChI is InChI=1S/C27H23NO2/c29-27(20-26(21-10-4-1-5-11-21)22-12-6-2-7-13-22)28-23-16-18-25(19-17-23)30-24-14-8-3-9-15-24/h1-19,26H,20H2,(H,28,29). The summed E-state index contributed by atoms with van der Waals surface area (Å²) in [6.07, 6.45) is 0.371. The third-order valence-corrected chi connectivity index (χ3v) is 4.91. The fourth-order valence-electron chi connectivity index (χ4n) is 3.43. The van der Waals surface area contributed by atoms with Crippen LogP contribution in [0.25, 0.3) is 0 Å². The van der Waals surface area contributed by atoms with Crippen LogP contribution in [-0.2, 0) is 4.79 Å². The van der Waals surface area contributed by atoms with E-state index in [1.54, 1.807) is 0 Å². The Morgan fingerprint density at radius 3 is 1.63 bits per heavy atom. The van der Waals surface area contributed by atoms with Gasteiger partial charge in [0.1, 0.15) is 11.5 Å². The number of carbonyl (C=O) groups excluding carboxylic acids is 1. The van der Waals surface area contributed by atoms with Crippen molar-refractivity contribution in [3.8, 4) is 11.5 Å². The highest BCUT2D eigenvalue weighted by molar-refractivity contribution is 5.91. The van der Waals surface area contributed by atoms with Crippen LogP contribution in [0.4, 0.5) is 5.69 Å². The maximum absolute atomic E-state index is 12.8. The average molecular weight is 393 g/mol. The van der Waals surface area contributed by atoms with Gasteiger partial charge in [-0.15, -0.1) is 0 Å². The number of ether oxygens (including phenoxy) is 1. The summed E-state index contributed by atoms with van der Waals surface area (Å²) in [7, 11) is 0. The fourth-order valence-corrected chi connectivity index (χ4v) is 3.43. The van der Waals surface area contributed by atoms with Crippen molar-refractivity contribution in [3.63, 3.8) is 0 Å². The predicted molar refractivity (Wildman–Crippen MR) is 121 cm³/mol. The molecule has 4 aromatic rings. The molecule has 0 aliphatic rings. The van der Waals surface area contributed by atoms with E-state index in [-0.39, 0.29) is 11.8 Å². The van der Waals surface area contributed by atoms with Crippen molar-refractivity contribution in [2.24, 2.45) is 0 Å². The Labute approximate surface area is 177 Å². The summed E-state index contributed by atoms with van der Waals surface area (Å²) in [5.41, 5.74) is 3.01. The predicted octanol–water partition coefficient (Wildman–Crippen LogP) is 6.64. The van der Waals surface area contributed by atoms with E-state index < -0.39 is 0 Å². The number of nitrogens with one attached hydrogen (secondary N) is 1. The number of carbonyl (C=O) groups is 1. The van der Waals surface area contributed by atoms with Crippen LogP contribution in [0.2, 0.25) is 0 Å². The van der Waals surface area contributed by atoms with Crippen LogP contribution in [0.5, 0.6) is 11.5 Å². The number of benzene rings is 4. The maximum atomic E-state index is 12.8. The first-order valence-electron chi connectivity index (χ1n) is 10.0. The molecule has 0 radical (unpaired) electrons. The number of para-hydroxylation sites is 1. The van der Waals surface area contributed by atoms with Gasteiger partial charge in [-0.05, 0) is 47.5 Å². The molecule has 148 valence electrons. The Balaban J connectivity index is 1.43. The first-order valence-corrected chi connectivity index (χ1v) is 10.0. The molecule has 0 aliphatic heterocycles. The minimum atomic E-state index is -0.0237. The lowest BCUT2D eigenvalue weighted by molar-refractivity contribution is -0.116. The van der Waals surface area contributed by atoms with Crippen molar-refractivity contribution in [1.29, 1.82) is 0 Å². The normalized spacial score (nSPS) is 10.6. The topological polar surface area (TPSA) is 38.3 Å². The van der Waals surface area contributed by atoms with Gasteiger partial charge in [0.2, 0.25) is 5.91 Å². The van der Waals surface area contributed by atoms with Crippen molar-refractivity contribution >= 4 is 11.6 Å². The Morgan fingerprint density at radius 2 is 1.10 bits per heavy atom. The lowest BCUT2D eigenvalue weighted by atomic mass is 9.88. The smallest absolute Gasteiger partial charge is 0.225 e. The summed E-state index contributed by atoms with van der Waals surface area (Å²) in [5.74, 6) is 1.49. The Morgan fingerprint density at radius 1 is 0.633 bits per heavy atom. The number of amides is 1. The molecule has 0 fully saturated rings. The molecule has 3 heteroatoms. The molecule has 1 amide bonds. The van der Waals surface area contributed by atoms with E-state index in [0.717, 1.165) is 28.3 Å². The molecular weight excluding hydrogens is 370 g/mol. The molecule has 30 heavy (non-hydrogen) atoms. The lowest BCUT2D eigenvalue weighted by Gasteiger charge is -2.18. The summed E-state index contributed by atoms with van der Waals surface area (Å²) in [6, 6.07) is 37.3. The van der Waals surface area contributed by atoms with Crippen LogP contribution < -0.4 is 10.1 Å². The fraction of sp³-hybridized carbons (Fsp3) is 0.0741. The van der Waals surface area contributed by atoms with Gasteiger partial charge in [-0.3, -0.25) is 4.79 Å². The van der Waals surface area contributed by atoms with E-state index in [1.807, 2.05) is 91.0 Å². The van der Waals surface area contributed by atoms with Gasteiger partial charge >= 0.3 is 0 Å². The highest BCUT2D eigenvalue weighted by Gasteiger charge is 2.18. The van der Waals surface area contributed by atoms with Gasteiger partial charge in [-0.2, -0.15) is 0 Å². The first-order chi connectivity index (χ1) is 14.8. The summed E-state index contributed by atoms with van der Waals surface area (Å²) >= 11 is 0. The highest BCUT2D eigenvalue weighted by atomic mass is 16.5. The van der Waals surface area contributed by atoms with Crippen LogP contribution in [0, 0.1) is 0 Å². The second-order valence-corrected chi connectivity index (χ2v) is 7.07. The monoisotopic (exact) mass is 393 g/mol. The molecule has 3 nitrogen and oxygen atoms in total. The van der Waals surface area contributed by atoms with Crippen molar-refractivity contribution in [2.45, 2.75) is 12.3 Å². The lowest BCUT2D eigenvalue weighted by Crippen LogP contribution is -2.16. The van der Waals surface area contributed by atoms with E-state index in [1.165, 1.54) is 0 Å². The largest absolute Gasteiger partial charge is 0.457 e. The average Bonchev–Trinajstić information content (AvgIpc) is 2.81. The summed E-state index contributed by atoms with van der Waals surface area (Å²) in [6.45, 7) is 0. The van der Waals surface area contributed by atoms with Crippen molar-refractivity contribution in [2.75, 3.05) is 5.32 Å². The van der Waals surface area contributed by atoms with Crippen LogP contribution >= 0.6 is 0 Å². The molecule has 0 atom stereocenters. The Kier molecular flexibility index (Phi) is 6.21. The molecule has 0 saturated heterocycles. The van der Waals surface area contributed by atoms with Crippen molar-refractivity contribution in [3.05, 3.63) is 126 Å². The molecule has 1 N–H and O–H groups in total. The summed E-state index contributed by atoms with van der Waals surface area (Å²) in [4.78, 5) is 12.8. The Hall–Kier alpha value is -3.85. The minimum absolute atomic E-state index is 0.00749. The van der Waals surface area contributed by atoms with Crippen LogP contribution in [0.3, 0.4) is 0 Å². The maximum Gasteiger partial charge on any atom is 0.225 e. The molecule has 0 bridgehead atoms. The van der Waals surface area contributed by atoms with E-state index in [4.69, 9.17) is 4.74 Å². The third-order valence-electron chi connectivity index (χ3n) is 4.91. The SMILES string of the molecule is O=C(CC(c1ccccc1)c1ccccc1)Nc1ccc(Oc2ccccc2)cc1. The number of anilines is 1. The molecule has 0 aromatic heterocycles. The van der Waals surface area contributed by atoms with Gasteiger partial charge in [0.05, 0.1) is 0 Å².